The van der Waals surface area contributed by atoms with Crippen molar-refractivity contribution in [2.75, 3.05) is 0 Å². The third-order valence-electron chi connectivity index (χ3n) is 3.38. The maximum atomic E-state index is 11.1. The summed E-state index contributed by atoms with van der Waals surface area (Å²) in [6.07, 6.45) is 0.999. The van der Waals surface area contributed by atoms with Crippen LogP contribution < -0.4 is 0 Å². The third-order valence-corrected chi connectivity index (χ3v) is 17.9. The molecule has 0 radical (unpaired) electrons. The van der Waals surface area contributed by atoms with Crippen LogP contribution in [0.4, 0.5) is 0 Å². The van der Waals surface area contributed by atoms with E-state index in [4.69, 9.17) is 8.85 Å². The van der Waals surface area contributed by atoms with E-state index in [0.717, 1.165) is 12.5 Å². The summed E-state index contributed by atoms with van der Waals surface area (Å²) >= 11 is 0. The third kappa shape index (κ3) is 2.70. The van der Waals surface area contributed by atoms with Crippen molar-refractivity contribution >= 4 is 21.6 Å². The fourth-order valence-electron chi connectivity index (χ4n) is 2.18. The summed E-state index contributed by atoms with van der Waals surface area (Å²) < 4.78 is 11.8. The van der Waals surface area contributed by atoms with Gasteiger partial charge in [0.25, 0.3) is 13.8 Å². The topological polar surface area (TPSA) is 35.5 Å². The van der Waals surface area contributed by atoms with Crippen LogP contribution in [0.15, 0.2) is 0 Å². The van der Waals surface area contributed by atoms with Crippen molar-refractivity contribution in [2.24, 2.45) is 0 Å². The van der Waals surface area contributed by atoms with Crippen LogP contribution in [0.3, 0.4) is 0 Å². The van der Waals surface area contributed by atoms with Crippen LogP contribution in [-0.2, 0) is 13.6 Å². The van der Waals surface area contributed by atoms with Crippen molar-refractivity contribution in [3.05, 3.63) is 0 Å². The van der Waals surface area contributed by atoms with Gasteiger partial charge in [0.15, 0.2) is 0 Å². The van der Waals surface area contributed by atoms with Gasteiger partial charge < -0.3 is 8.85 Å². The van der Waals surface area contributed by atoms with E-state index < -0.39 is 15.7 Å². The minimum Gasteiger partial charge on any atom is -0.519 e. The van der Waals surface area contributed by atoms with Gasteiger partial charge in [-0.25, -0.2) is 0 Å². The molecule has 0 aromatic heterocycles. The maximum absolute atomic E-state index is 11.1. The lowest BCUT2D eigenvalue weighted by atomic mass is 10.1. The van der Waals surface area contributed by atoms with Gasteiger partial charge in [0.05, 0.1) is 5.60 Å². The molecule has 0 saturated carbocycles. The van der Waals surface area contributed by atoms with Crippen molar-refractivity contribution < 1.29 is 13.6 Å². The van der Waals surface area contributed by atoms with Crippen LogP contribution in [0.2, 0.25) is 25.7 Å². The van der Waals surface area contributed by atoms with E-state index in [9.17, 15) is 4.79 Å². The summed E-state index contributed by atoms with van der Waals surface area (Å²) in [7, 11) is -3.80. The number of carbonyl (C=O) groups excluding carboxylic acids is 1. The Bertz CT molecular complexity index is 276. The van der Waals surface area contributed by atoms with Gasteiger partial charge in [-0.3, -0.25) is 4.79 Å². The minimum absolute atomic E-state index is 0.0393. The average molecular weight is 246 g/mol. The van der Waals surface area contributed by atoms with Crippen LogP contribution >= 0.6 is 0 Å². The van der Waals surface area contributed by atoms with Crippen LogP contribution in [0.5, 0.6) is 0 Å². The first-order chi connectivity index (χ1) is 6.58. The van der Waals surface area contributed by atoms with Gasteiger partial charge in [0, 0.05) is 6.92 Å². The molecule has 1 heterocycles. The highest BCUT2D eigenvalue weighted by atomic mass is 29.3. The van der Waals surface area contributed by atoms with Crippen molar-refractivity contribution in [1.29, 1.82) is 0 Å². The van der Waals surface area contributed by atoms with E-state index in [0.29, 0.717) is 0 Å². The second-order valence-corrected chi connectivity index (χ2v) is 18.9. The summed E-state index contributed by atoms with van der Waals surface area (Å²) in [6, 6.07) is 1.04. The molecule has 0 aromatic carbocycles. The summed E-state index contributed by atoms with van der Waals surface area (Å²) in [6.45, 7) is 12.3. The maximum Gasteiger partial charge on any atom is 0.289 e. The molecule has 1 rings (SSSR count). The second kappa shape index (κ2) is 3.71. The van der Waals surface area contributed by atoms with Gasteiger partial charge >= 0.3 is 0 Å². The highest BCUT2D eigenvalue weighted by Crippen LogP contribution is 2.39. The molecule has 1 aliphatic rings. The molecule has 0 bridgehead atoms. The highest BCUT2D eigenvalue weighted by molar-refractivity contribution is 7.36. The second-order valence-electron chi connectivity index (χ2n) is 5.70. The van der Waals surface area contributed by atoms with Crippen molar-refractivity contribution in [1.82, 2.24) is 0 Å². The highest BCUT2D eigenvalue weighted by Gasteiger charge is 2.57. The summed E-state index contributed by atoms with van der Waals surface area (Å²) in [4.78, 5) is 11.1. The summed E-state index contributed by atoms with van der Waals surface area (Å²) in [5.41, 5.74) is -0.0393. The monoisotopic (exact) mass is 246 g/mol. The Hall–Kier alpha value is -0.136. The SMILES string of the molecule is CC(=O)O[Si]1(C)CCC(C)(C)O[Si]1(C)C. The molecule has 0 spiro atoms. The standard InChI is InChI=1S/C10H22O3Si2/c1-9(11)12-15(6)8-7-10(2,3)13-14(15,4)5/h7-8H2,1-6H3. The molecule has 5 heteroatoms. The van der Waals surface area contributed by atoms with Crippen LogP contribution in [-0.4, -0.2) is 27.2 Å². The van der Waals surface area contributed by atoms with Gasteiger partial charge in [-0.15, -0.1) is 0 Å². The molecule has 1 unspecified atom stereocenters. The van der Waals surface area contributed by atoms with Gasteiger partial charge in [-0.1, -0.05) is 0 Å². The van der Waals surface area contributed by atoms with Crippen LogP contribution in [0, 0.1) is 0 Å². The normalized spacial score (nSPS) is 33.5. The first kappa shape index (κ1) is 12.9. The Morgan fingerprint density at radius 1 is 1.33 bits per heavy atom. The first-order valence-corrected chi connectivity index (χ1v) is 12.0. The molecular weight excluding hydrogens is 224 g/mol. The zero-order chi connectivity index (χ0) is 11.9. The Morgan fingerprint density at radius 2 is 1.87 bits per heavy atom. The smallest absolute Gasteiger partial charge is 0.289 e. The number of hydrogen-bond donors (Lipinski definition) is 0. The fraction of sp³-hybridized carbons (Fsp3) is 0.900. The lowest BCUT2D eigenvalue weighted by molar-refractivity contribution is -0.132. The summed E-state index contributed by atoms with van der Waals surface area (Å²) in [5, 5.41) is 0. The number of carbonyl (C=O) groups is 1. The zero-order valence-electron chi connectivity index (χ0n) is 10.6. The van der Waals surface area contributed by atoms with Gasteiger partial charge in [0.1, 0.15) is 0 Å². The van der Waals surface area contributed by atoms with Gasteiger partial charge in [-0.2, -0.15) is 0 Å². The van der Waals surface area contributed by atoms with Crippen LogP contribution in [0.25, 0.3) is 0 Å². The van der Waals surface area contributed by atoms with Crippen molar-refractivity contribution in [3.63, 3.8) is 0 Å². The lowest BCUT2D eigenvalue weighted by Gasteiger charge is -2.49. The van der Waals surface area contributed by atoms with E-state index in [1.807, 2.05) is 0 Å². The van der Waals surface area contributed by atoms with E-state index in [1.54, 1.807) is 0 Å². The molecule has 0 amide bonds. The molecule has 15 heavy (non-hydrogen) atoms. The first-order valence-electron chi connectivity index (χ1n) is 5.48. The van der Waals surface area contributed by atoms with E-state index in [2.05, 4.69) is 33.5 Å². The molecule has 1 aliphatic heterocycles. The van der Waals surface area contributed by atoms with Crippen molar-refractivity contribution in [2.45, 2.75) is 58.5 Å². The molecular formula is C10H22O3Si2. The Kier molecular flexibility index (Phi) is 3.20. The van der Waals surface area contributed by atoms with E-state index >= 15 is 0 Å². The average Bonchev–Trinajstić information content (AvgIpc) is 1.95. The predicted octanol–water partition coefficient (Wildman–Crippen LogP) is 2.61. The Morgan fingerprint density at radius 3 is 2.27 bits per heavy atom. The fourth-order valence-corrected chi connectivity index (χ4v) is 11.4. The Labute approximate surface area is 94.2 Å². The van der Waals surface area contributed by atoms with E-state index in [-0.39, 0.29) is 11.6 Å². The molecule has 88 valence electrons. The molecule has 3 nitrogen and oxygen atoms in total. The largest absolute Gasteiger partial charge is 0.519 e. The predicted molar refractivity (Wildman–Crippen MR) is 65.5 cm³/mol. The molecule has 1 saturated heterocycles. The van der Waals surface area contributed by atoms with Gasteiger partial charge in [0.2, 0.25) is 7.83 Å². The number of rotatable bonds is 1. The van der Waals surface area contributed by atoms with Crippen LogP contribution in [0.1, 0.15) is 27.2 Å². The van der Waals surface area contributed by atoms with Crippen molar-refractivity contribution in [3.8, 4) is 0 Å². The number of hydrogen-bond acceptors (Lipinski definition) is 3. The molecule has 1 atom stereocenters. The Balaban J connectivity index is 2.88. The quantitative estimate of drug-likeness (QED) is 0.667. The summed E-state index contributed by atoms with van der Waals surface area (Å²) in [5.74, 6) is -0.145. The van der Waals surface area contributed by atoms with E-state index in [1.165, 1.54) is 6.92 Å². The molecule has 1 fully saturated rings. The minimum atomic E-state index is -1.95. The molecule has 0 aromatic rings. The molecule has 0 N–H and O–H groups in total. The van der Waals surface area contributed by atoms with Gasteiger partial charge in [-0.05, 0) is 46.0 Å². The lowest BCUT2D eigenvalue weighted by Crippen LogP contribution is -2.67. The zero-order valence-corrected chi connectivity index (χ0v) is 12.6. The molecule has 0 aliphatic carbocycles.